The predicted molar refractivity (Wildman–Crippen MR) is 106 cm³/mol. The maximum atomic E-state index is 12.0. The molecule has 5 rings (SSSR count). The number of urea groups is 1. The minimum absolute atomic E-state index is 0.00951. The average molecular weight is 401 g/mol. The van der Waals surface area contributed by atoms with Crippen molar-refractivity contribution in [1.29, 1.82) is 0 Å². The standard InChI is InChI=1S/C19H27N7O3/c1-24-14-2-5-25(8-13(14)23-18(24)28)16-15-17(21-11-20-16)26(12-22-15)9-19(10-27)3-6-29-7-4-19/h11-14,27H,2-10H2,1H3,(H,23,28)/t13-,14+/m1/s1. The molecule has 0 aliphatic carbocycles. The van der Waals surface area contributed by atoms with Crippen LogP contribution in [0.25, 0.3) is 11.2 Å². The Hall–Kier alpha value is -2.46. The number of ether oxygens (including phenoxy) is 1. The Morgan fingerprint density at radius 1 is 1.31 bits per heavy atom. The molecule has 2 atom stereocenters. The van der Waals surface area contributed by atoms with Gasteiger partial charge < -0.3 is 29.5 Å². The molecule has 29 heavy (non-hydrogen) atoms. The molecule has 2 amide bonds. The molecule has 0 aromatic carbocycles. The monoisotopic (exact) mass is 401 g/mol. The van der Waals surface area contributed by atoms with Crippen molar-refractivity contribution in [1.82, 2.24) is 29.7 Å². The minimum atomic E-state index is -0.200. The number of amides is 2. The number of anilines is 1. The van der Waals surface area contributed by atoms with E-state index in [0.29, 0.717) is 26.3 Å². The Balaban J connectivity index is 1.41. The number of rotatable bonds is 4. The van der Waals surface area contributed by atoms with Crippen molar-refractivity contribution >= 4 is 23.0 Å². The van der Waals surface area contributed by atoms with E-state index in [0.717, 1.165) is 42.8 Å². The summed E-state index contributed by atoms with van der Waals surface area (Å²) in [7, 11) is 1.85. The van der Waals surface area contributed by atoms with E-state index in [9.17, 15) is 9.90 Å². The van der Waals surface area contributed by atoms with Crippen LogP contribution in [0.15, 0.2) is 12.7 Å². The highest BCUT2D eigenvalue weighted by molar-refractivity contribution is 5.84. The van der Waals surface area contributed by atoms with Crippen LogP contribution in [-0.4, -0.2) is 87.6 Å². The quantitative estimate of drug-likeness (QED) is 0.754. The largest absolute Gasteiger partial charge is 0.396 e. The first-order chi connectivity index (χ1) is 14.1. The van der Waals surface area contributed by atoms with Crippen LogP contribution in [-0.2, 0) is 11.3 Å². The fourth-order valence-corrected chi connectivity index (χ4v) is 4.90. The Morgan fingerprint density at radius 3 is 2.93 bits per heavy atom. The zero-order valence-electron chi connectivity index (χ0n) is 16.6. The molecule has 0 spiro atoms. The fraction of sp³-hybridized carbons (Fsp3) is 0.684. The van der Waals surface area contributed by atoms with Crippen LogP contribution in [0.4, 0.5) is 10.6 Å². The second-order valence-electron chi connectivity index (χ2n) is 8.48. The maximum Gasteiger partial charge on any atom is 0.317 e. The van der Waals surface area contributed by atoms with Gasteiger partial charge in [-0.3, -0.25) is 0 Å². The van der Waals surface area contributed by atoms with Gasteiger partial charge in [-0.05, 0) is 19.3 Å². The third-order valence-corrected chi connectivity index (χ3v) is 6.78. The number of hydrogen-bond donors (Lipinski definition) is 2. The maximum absolute atomic E-state index is 12.0. The summed E-state index contributed by atoms with van der Waals surface area (Å²) in [5, 5.41) is 13.1. The Morgan fingerprint density at radius 2 is 2.14 bits per heavy atom. The van der Waals surface area contributed by atoms with Crippen molar-refractivity contribution in [2.45, 2.75) is 37.9 Å². The lowest BCUT2D eigenvalue weighted by molar-refractivity contribution is -0.0248. The number of aliphatic hydroxyl groups is 1. The first-order valence-electron chi connectivity index (χ1n) is 10.2. The number of hydrogen-bond acceptors (Lipinski definition) is 7. The van der Waals surface area contributed by atoms with E-state index in [4.69, 9.17) is 4.74 Å². The van der Waals surface area contributed by atoms with Gasteiger partial charge in [0.05, 0.1) is 25.0 Å². The number of carbonyl (C=O) groups excluding carboxylic acids is 1. The summed E-state index contributed by atoms with van der Waals surface area (Å²) < 4.78 is 7.51. The average Bonchev–Trinajstić information content (AvgIpc) is 3.29. The summed E-state index contributed by atoms with van der Waals surface area (Å²) in [6.45, 7) is 3.64. The Kier molecular flexibility index (Phi) is 4.54. The molecule has 156 valence electrons. The van der Waals surface area contributed by atoms with E-state index in [1.165, 1.54) is 0 Å². The number of nitrogens with one attached hydrogen (secondary N) is 1. The van der Waals surface area contributed by atoms with Gasteiger partial charge in [-0.1, -0.05) is 0 Å². The lowest BCUT2D eigenvalue weighted by Crippen LogP contribution is -2.51. The van der Waals surface area contributed by atoms with Gasteiger partial charge in [-0.2, -0.15) is 0 Å². The number of imidazole rings is 1. The first-order valence-corrected chi connectivity index (χ1v) is 10.2. The number of piperidine rings is 1. The Labute approximate surface area is 168 Å². The number of carbonyl (C=O) groups is 1. The molecule has 3 fully saturated rings. The Bertz CT molecular complexity index is 910. The van der Waals surface area contributed by atoms with Gasteiger partial charge in [0.15, 0.2) is 17.0 Å². The van der Waals surface area contributed by atoms with Crippen LogP contribution < -0.4 is 10.2 Å². The number of aromatic nitrogens is 4. The first kappa shape index (κ1) is 18.6. The highest BCUT2D eigenvalue weighted by atomic mass is 16.5. The zero-order valence-corrected chi connectivity index (χ0v) is 16.6. The van der Waals surface area contributed by atoms with Gasteiger partial charge in [0.1, 0.15) is 6.33 Å². The molecule has 10 heteroatoms. The van der Waals surface area contributed by atoms with Gasteiger partial charge in [-0.15, -0.1) is 0 Å². The number of fused-ring (bicyclic) bond motifs is 2. The van der Waals surface area contributed by atoms with Gasteiger partial charge in [-0.25, -0.2) is 19.7 Å². The highest BCUT2D eigenvalue weighted by Crippen LogP contribution is 2.34. The SMILES string of the molecule is CN1C(=O)N[C@@H]2CN(c3ncnc4c3ncn4CC3(CO)CCOCC3)CC[C@@H]21. The van der Waals surface area contributed by atoms with Crippen LogP contribution >= 0.6 is 0 Å². The van der Waals surface area contributed by atoms with E-state index in [2.05, 4.69) is 25.2 Å². The van der Waals surface area contributed by atoms with Crippen molar-refractivity contribution in [3.63, 3.8) is 0 Å². The van der Waals surface area contributed by atoms with E-state index in [1.807, 2.05) is 11.6 Å². The molecular formula is C19H27N7O3. The molecule has 0 saturated carbocycles. The van der Waals surface area contributed by atoms with Crippen LogP contribution in [0.2, 0.25) is 0 Å². The molecule has 3 saturated heterocycles. The minimum Gasteiger partial charge on any atom is -0.396 e. The molecule has 3 aliphatic heterocycles. The van der Waals surface area contributed by atoms with Crippen molar-refractivity contribution in [3.8, 4) is 0 Å². The van der Waals surface area contributed by atoms with Crippen LogP contribution in [0.3, 0.4) is 0 Å². The summed E-state index contributed by atoms with van der Waals surface area (Å²) >= 11 is 0. The van der Waals surface area contributed by atoms with Crippen molar-refractivity contribution in [2.75, 3.05) is 44.9 Å². The third kappa shape index (κ3) is 3.10. The number of likely N-dealkylation sites (N-methyl/N-ethyl adjacent to an activating group) is 1. The summed E-state index contributed by atoms with van der Waals surface area (Å²) in [6, 6.07) is 0.310. The number of nitrogens with zero attached hydrogens (tertiary/aromatic N) is 6. The van der Waals surface area contributed by atoms with E-state index in [1.54, 1.807) is 17.6 Å². The smallest absolute Gasteiger partial charge is 0.317 e. The van der Waals surface area contributed by atoms with Crippen molar-refractivity contribution in [3.05, 3.63) is 12.7 Å². The molecule has 0 bridgehead atoms. The third-order valence-electron chi connectivity index (χ3n) is 6.78. The molecule has 0 unspecified atom stereocenters. The lowest BCUT2D eigenvalue weighted by atomic mass is 9.81. The van der Waals surface area contributed by atoms with Gasteiger partial charge in [0.2, 0.25) is 0 Å². The van der Waals surface area contributed by atoms with Crippen molar-refractivity contribution in [2.24, 2.45) is 5.41 Å². The predicted octanol–water partition coefficient (Wildman–Crippen LogP) is 0.218. The van der Waals surface area contributed by atoms with Crippen LogP contribution in [0.5, 0.6) is 0 Å². The highest BCUT2D eigenvalue weighted by Gasteiger charge is 2.41. The molecule has 5 heterocycles. The molecular weight excluding hydrogens is 374 g/mol. The van der Waals surface area contributed by atoms with Crippen LogP contribution in [0, 0.1) is 5.41 Å². The summed E-state index contributed by atoms with van der Waals surface area (Å²) in [5.41, 5.74) is 1.35. The van der Waals surface area contributed by atoms with Gasteiger partial charge in [0, 0.05) is 45.3 Å². The second kappa shape index (κ2) is 7.10. The van der Waals surface area contributed by atoms with E-state index < -0.39 is 0 Å². The second-order valence-corrected chi connectivity index (χ2v) is 8.48. The normalized spacial score (nSPS) is 26.6. The molecule has 2 aromatic heterocycles. The molecule has 3 aliphatic rings. The molecule has 2 N–H and O–H groups in total. The van der Waals surface area contributed by atoms with Crippen LogP contribution in [0.1, 0.15) is 19.3 Å². The molecule has 0 radical (unpaired) electrons. The lowest BCUT2D eigenvalue weighted by Gasteiger charge is -2.36. The summed E-state index contributed by atoms with van der Waals surface area (Å²) in [6.07, 6.45) is 5.91. The van der Waals surface area contributed by atoms with Gasteiger partial charge >= 0.3 is 6.03 Å². The summed E-state index contributed by atoms with van der Waals surface area (Å²) in [4.78, 5) is 29.6. The molecule has 10 nitrogen and oxygen atoms in total. The van der Waals surface area contributed by atoms with E-state index in [-0.39, 0.29) is 30.1 Å². The zero-order chi connectivity index (χ0) is 20.0. The van der Waals surface area contributed by atoms with E-state index >= 15 is 0 Å². The fourth-order valence-electron chi connectivity index (χ4n) is 4.90. The molecule has 2 aromatic rings. The topological polar surface area (TPSA) is 109 Å². The van der Waals surface area contributed by atoms with Crippen molar-refractivity contribution < 1.29 is 14.6 Å². The van der Waals surface area contributed by atoms with Gasteiger partial charge in [0.25, 0.3) is 0 Å². The number of aliphatic hydroxyl groups excluding tert-OH is 1. The summed E-state index contributed by atoms with van der Waals surface area (Å²) in [5.74, 6) is 0.807.